The van der Waals surface area contributed by atoms with Crippen LogP contribution in [0.4, 0.5) is 4.39 Å². The molecule has 0 aliphatic rings. The van der Waals surface area contributed by atoms with E-state index in [1.54, 1.807) is 49.4 Å². The van der Waals surface area contributed by atoms with E-state index < -0.39 is 5.82 Å². The average molecular weight is 289 g/mol. The molecular formula is C16H16FNO3. The van der Waals surface area contributed by atoms with E-state index in [0.29, 0.717) is 17.0 Å². The lowest BCUT2D eigenvalue weighted by molar-refractivity contribution is 0.295. The van der Waals surface area contributed by atoms with Crippen LogP contribution in [0.2, 0.25) is 0 Å². The third-order valence-corrected chi connectivity index (χ3v) is 3.06. The van der Waals surface area contributed by atoms with Gasteiger partial charge in [0.25, 0.3) is 0 Å². The highest BCUT2D eigenvalue weighted by Gasteiger charge is 2.09. The maximum absolute atomic E-state index is 14.0. The predicted molar refractivity (Wildman–Crippen MR) is 77.7 cm³/mol. The van der Waals surface area contributed by atoms with Gasteiger partial charge in [0.05, 0.1) is 12.8 Å². The summed E-state index contributed by atoms with van der Waals surface area (Å²) in [4.78, 5) is 0. The third kappa shape index (κ3) is 3.51. The smallest absolute Gasteiger partial charge is 0.171 e. The van der Waals surface area contributed by atoms with Crippen LogP contribution >= 0.6 is 0 Å². The summed E-state index contributed by atoms with van der Waals surface area (Å²) in [6.45, 7) is 1.77. The van der Waals surface area contributed by atoms with Crippen molar-refractivity contribution in [2.45, 2.75) is 13.5 Å². The van der Waals surface area contributed by atoms with Gasteiger partial charge in [-0.3, -0.25) is 0 Å². The van der Waals surface area contributed by atoms with E-state index in [0.717, 1.165) is 5.56 Å². The molecule has 2 aromatic rings. The third-order valence-electron chi connectivity index (χ3n) is 3.06. The topological polar surface area (TPSA) is 51.0 Å². The molecule has 0 fully saturated rings. The lowest BCUT2D eigenvalue weighted by Crippen LogP contribution is -2.01. The summed E-state index contributed by atoms with van der Waals surface area (Å²) in [5.74, 6) is 0.329. The van der Waals surface area contributed by atoms with Gasteiger partial charge in [0, 0.05) is 11.1 Å². The minimum absolute atomic E-state index is 0.0851. The van der Waals surface area contributed by atoms with Gasteiger partial charge in [-0.25, -0.2) is 4.39 Å². The Morgan fingerprint density at radius 1 is 1.24 bits per heavy atom. The van der Waals surface area contributed by atoms with Crippen LogP contribution in [0.25, 0.3) is 0 Å². The van der Waals surface area contributed by atoms with Crippen molar-refractivity contribution in [1.82, 2.24) is 0 Å². The Hall–Kier alpha value is -2.56. The van der Waals surface area contributed by atoms with Crippen molar-refractivity contribution in [2.24, 2.45) is 5.16 Å². The van der Waals surface area contributed by atoms with E-state index in [2.05, 4.69) is 5.16 Å². The first-order valence-electron chi connectivity index (χ1n) is 6.39. The molecule has 110 valence electrons. The van der Waals surface area contributed by atoms with E-state index in [9.17, 15) is 4.39 Å². The minimum atomic E-state index is -0.427. The van der Waals surface area contributed by atoms with Crippen molar-refractivity contribution in [3.63, 3.8) is 0 Å². The molecule has 0 saturated carbocycles. The van der Waals surface area contributed by atoms with Crippen molar-refractivity contribution in [3.05, 3.63) is 59.4 Å². The van der Waals surface area contributed by atoms with E-state index in [1.807, 2.05) is 0 Å². The summed E-state index contributed by atoms with van der Waals surface area (Å²) < 4.78 is 24.5. The van der Waals surface area contributed by atoms with E-state index in [4.69, 9.17) is 14.7 Å². The van der Waals surface area contributed by atoms with E-state index in [-0.39, 0.29) is 12.4 Å². The number of ether oxygens (including phenoxy) is 2. The number of hydrogen-bond donors (Lipinski definition) is 1. The second kappa shape index (κ2) is 6.74. The monoisotopic (exact) mass is 289 g/mol. The second-order valence-corrected chi connectivity index (χ2v) is 4.44. The van der Waals surface area contributed by atoms with Crippen molar-refractivity contribution in [3.8, 4) is 11.5 Å². The molecule has 0 unspecified atom stereocenters. The minimum Gasteiger partial charge on any atom is -0.494 e. The molecule has 0 saturated heterocycles. The van der Waals surface area contributed by atoms with Crippen LogP contribution in [0.5, 0.6) is 11.5 Å². The second-order valence-electron chi connectivity index (χ2n) is 4.44. The number of methoxy groups -OCH3 is 1. The molecule has 1 N–H and O–H groups in total. The maximum Gasteiger partial charge on any atom is 0.171 e. The Morgan fingerprint density at radius 2 is 2.00 bits per heavy atom. The van der Waals surface area contributed by atoms with E-state index >= 15 is 0 Å². The highest BCUT2D eigenvalue weighted by atomic mass is 19.1. The standard InChI is InChI=1S/C16H16FNO3/c1-11(18-19)12-5-3-7-14(9-12)21-10-13-6-4-8-15(20-2)16(13)17/h3-9,19H,10H2,1-2H3/b18-11+. The van der Waals surface area contributed by atoms with Crippen LogP contribution in [0.3, 0.4) is 0 Å². The molecule has 4 nitrogen and oxygen atoms in total. The molecular weight excluding hydrogens is 273 g/mol. The Bertz CT molecular complexity index is 656. The zero-order chi connectivity index (χ0) is 15.2. The fraction of sp³-hybridized carbons (Fsp3) is 0.188. The quantitative estimate of drug-likeness (QED) is 0.519. The average Bonchev–Trinajstić information content (AvgIpc) is 2.53. The molecule has 5 heteroatoms. The van der Waals surface area contributed by atoms with Crippen LogP contribution in [0.1, 0.15) is 18.1 Å². The zero-order valence-electron chi connectivity index (χ0n) is 11.8. The number of rotatable bonds is 5. The van der Waals surface area contributed by atoms with Crippen LogP contribution in [0.15, 0.2) is 47.6 Å². The fourth-order valence-corrected chi connectivity index (χ4v) is 1.86. The van der Waals surface area contributed by atoms with Crippen molar-refractivity contribution >= 4 is 5.71 Å². The molecule has 0 aliphatic heterocycles. The summed E-state index contributed by atoms with van der Waals surface area (Å²) in [5, 5.41) is 11.9. The van der Waals surface area contributed by atoms with Crippen molar-refractivity contribution < 1.29 is 19.1 Å². The fourth-order valence-electron chi connectivity index (χ4n) is 1.86. The lowest BCUT2D eigenvalue weighted by atomic mass is 10.1. The van der Waals surface area contributed by atoms with Crippen LogP contribution in [0, 0.1) is 5.82 Å². The van der Waals surface area contributed by atoms with Crippen LogP contribution < -0.4 is 9.47 Å². The molecule has 2 aromatic carbocycles. The Kier molecular flexibility index (Phi) is 4.77. The first kappa shape index (κ1) is 14.8. The SMILES string of the molecule is COc1cccc(COc2cccc(/C(C)=N/O)c2)c1F. The van der Waals surface area contributed by atoms with Gasteiger partial charge >= 0.3 is 0 Å². The Morgan fingerprint density at radius 3 is 2.71 bits per heavy atom. The highest BCUT2D eigenvalue weighted by molar-refractivity contribution is 5.98. The number of halogens is 1. The van der Waals surface area contributed by atoms with Gasteiger partial charge in [-0.15, -0.1) is 0 Å². The summed E-state index contributed by atoms with van der Waals surface area (Å²) in [6, 6.07) is 12.0. The number of hydrogen-bond acceptors (Lipinski definition) is 4. The molecule has 0 aromatic heterocycles. The lowest BCUT2D eigenvalue weighted by Gasteiger charge is -2.10. The first-order valence-corrected chi connectivity index (χ1v) is 6.39. The highest BCUT2D eigenvalue weighted by Crippen LogP contribution is 2.22. The molecule has 0 bridgehead atoms. The first-order chi connectivity index (χ1) is 10.2. The summed E-state index contributed by atoms with van der Waals surface area (Å²) >= 11 is 0. The molecule has 0 heterocycles. The summed E-state index contributed by atoms with van der Waals surface area (Å²) in [6.07, 6.45) is 0. The molecule has 2 rings (SSSR count). The molecule has 0 radical (unpaired) electrons. The molecule has 0 spiro atoms. The Balaban J connectivity index is 2.14. The molecule has 0 aliphatic carbocycles. The number of nitrogens with zero attached hydrogens (tertiary/aromatic N) is 1. The van der Waals surface area contributed by atoms with Gasteiger partial charge in [-0.2, -0.15) is 0 Å². The predicted octanol–water partition coefficient (Wildman–Crippen LogP) is 3.61. The van der Waals surface area contributed by atoms with Gasteiger partial charge in [-0.1, -0.05) is 29.4 Å². The Labute approximate surface area is 122 Å². The maximum atomic E-state index is 14.0. The van der Waals surface area contributed by atoms with Gasteiger partial charge in [0.1, 0.15) is 12.4 Å². The van der Waals surface area contributed by atoms with Gasteiger partial charge in [0.15, 0.2) is 11.6 Å². The molecule has 0 atom stereocenters. The van der Waals surface area contributed by atoms with Gasteiger partial charge in [-0.05, 0) is 25.1 Å². The van der Waals surface area contributed by atoms with Crippen LogP contribution in [-0.4, -0.2) is 18.0 Å². The van der Waals surface area contributed by atoms with E-state index in [1.165, 1.54) is 7.11 Å². The van der Waals surface area contributed by atoms with Gasteiger partial charge in [0.2, 0.25) is 0 Å². The number of oxime groups is 1. The largest absolute Gasteiger partial charge is 0.494 e. The summed E-state index contributed by atoms with van der Waals surface area (Å²) in [7, 11) is 1.42. The molecule has 21 heavy (non-hydrogen) atoms. The van der Waals surface area contributed by atoms with Crippen molar-refractivity contribution in [1.29, 1.82) is 0 Å². The van der Waals surface area contributed by atoms with Crippen molar-refractivity contribution in [2.75, 3.05) is 7.11 Å². The zero-order valence-corrected chi connectivity index (χ0v) is 11.8. The summed E-state index contributed by atoms with van der Waals surface area (Å²) in [5.41, 5.74) is 1.63. The normalized spacial score (nSPS) is 11.3. The molecule has 0 amide bonds. The van der Waals surface area contributed by atoms with Gasteiger partial charge < -0.3 is 14.7 Å². The number of benzene rings is 2. The van der Waals surface area contributed by atoms with Crippen LogP contribution in [-0.2, 0) is 6.61 Å².